The maximum absolute atomic E-state index is 14.2. The fraction of sp³-hybridized carbons (Fsp3) is 0.350. The van der Waals surface area contributed by atoms with Gasteiger partial charge in [-0.25, -0.2) is 9.37 Å². The summed E-state index contributed by atoms with van der Waals surface area (Å²) in [5.74, 6) is 0.342. The normalized spacial score (nSPS) is 14.7. The van der Waals surface area contributed by atoms with Gasteiger partial charge in [0.15, 0.2) is 0 Å². The van der Waals surface area contributed by atoms with E-state index in [1.54, 1.807) is 18.5 Å². The number of aromatic nitrogens is 4. The zero-order valence-electron chi connectivity index (χ0n) is 16.3. The lowest BCUT2D eigenvalue weighted by Crippen LogP contribution is -2.42. The van der Waals surface area contributed by atoms with E-state index in [4.69, 9.17) is 5.73 Å². The number of anilines is 2. The number of hydrogen-bond acceptors (Lipinski definition) is 8. The highest BCUT2D eigenvalue weighted by molar-refractivity contribution is 7.19. The summed E-state index contributed by atoms with van der Waals surface area (Å²) in [7, 11) is 0. The minimum absolute atomic E-state index is 0.265. The van der Waals surface area contributed by atoms with Crippen LogP contribution in [0.25, 0.3) is 10.7 Å². The standard InChI is InChI=1S/C20H22FN7OS/c21-14-3-1-9-23-18(14)20(6-2-7-20)12-25-16-5-4-15(26-27-16)19-24-11-17(30-19)28(13-29)10-8-22/h1,3-5,9,11,13H,2,6-8,10,12,22H2,(H,25,27). The average molecular weight is 428 g/mol. The van der Waals surface area contributed by atoms with Gasteiger partial charge >= 0.3 is 0 Å². The number of nitrogens with one attached hydrogen (secondary N) is 1. The van der Waals surface area contributed by atoms with Crippen molar-refractivity contribution in [2.75, 3.05) is 29.9 Å². The van der Waals surface area contributed by atoms with Gasteiger partial charge in [0.25, 0.3) is 0 Å². The second-order valence-corrected chi connectivity index (χ2v) is 8.23. The number of amides is 1. The molecule has 8 nitrogen and oxygen atoms in total. The highest BCUT2D eigenvalue weighted by Gasteiger charge is 2.41. The lowest BCUT2D eigenvalue weighted by atomic mass is 9.66. The van der Waals surface area contributed by atoms with Crippen molar-refractivity contribution in [1.82, 2.24) is 20.2 Å². The molecule has 3 aromatic heterocycles. The summed E-state index contributed by atoms with van der Waals surface area (Å²) >= 11 is 1.35. The Labute approximate surface area is 177 Å². The summed E-state index contributed by atoms with van der Waals surface area (Å²) in [6, 6.07) is 6.71. The topological polar surface area (TPSA) is 110 Å². The van der Waals surface area contributed by atoms with E-state index < -0.39 is 0 Å². The molecule has 156 valence electrons. The molecule has 0 aliphatic heterocycles. The Morgan fingerprint density at radius 2 is 2.13 bits per heavy atom. The average Bonchev–Trinajstić information content (AvgIpc) is 3.23. The van der Waals surface area contributed by atoms with Crippen LogP contribution in [0.1, 0.15) is 25.0 Å². The monoisotopic (exact) mass is 427 g/mol. The van der Waals surface area contributed by atoms with Crippen molar-refractivity contribution in [3.05, 3.63) is 48.2 Å². The van der Waals surface area contributed by atoms with E-state index in [1.807, 2.05) is 12.1 Å². The summed E-state index contributed by atoms with van der Waals surface area (Å²) in [5.41, 5.74) is 6.35. The van der Waals surface area contributed by atoms with Crippen LogP contribution in [0.5, 0.6) is 0 Å². The molecule has 30 heavy (non-hydrogen) atoms. The third-order valence-corrected chi connectivity index (χ3v) is 6.39. The molecule has 0 spiro atoms. The molecule has 10 heteroatoms. The van der Waals surface area contributed by atoms with E-state index in [1.165, 1.54) is 22.3 Å². The van der Waals surface area contributed by atoms with Crippen molar-refractivity contribution in [1.29, 1.82) is 0 Å². The van der Waals surface area contributed by atoms with E-state index in [2.05, 4.69) is 25.5 Å². The Bertz CT molecular complexity index is 1010. The Kier molecular flexibility index (Phi) is 5.96. The molecule has 0 saturated heterocycles. The number of carbonyl (C=O) groups is 1. The molecule has 0 bridgehead atoms. The summed E-state index contributed by atoms with van der Waals surface area (Å²) in [5, 5.41) is 13.1. The molecule has 0 atom stereocenters. The van der Waals surface area contributed by atoms with Crippen molar-refractivity contribution >= 4 is 28.6 Å². The number of thiazole rings is 1. The van der Waals surface area contributed by atoms with Crippen LogP contribution in [0.3, 0.4) is 0 Å². The maximum Gasteiger partial charge on any atom is 0.214 e. The molecule has 1 aliphatic carbocycles. The summed E-state index contributed by atoms with van der Waals surface area (Å²) in [4.78, 5) is 21.3. The van der Waals surface area contributed by atoms with Gasteiger partial charge in [-0.3, -0.25) is 9.78 Å². The highest BCUT2D eigenvalue weighted by atomic mass is 32.1. The third kappa shape index (κ3) is 4.01. The minimum atomic E-state index is -0.308. The van der Waals surface area contributed by atoms with Gasteiger partial charge in [0.05, 0.1) is 11.9 Å². The predicted octanol–water partition coefficient (Wildman–Crippen LogP) is 2.59. The molecule has 1 amide bonds. The molecule has 4 rings (SSSR count). The first kappa shape index (κ1) is 20.3. The van der Waals surface area contributed by atoms with Crippen LogP contribution in [-0.2, 0) is 10.2 Å². The fourth-order valence-corrected chi connectivity index (χ4v) is 4.42. The number of nitrogens with zero attached hydrogens (tertiary/aromatic N) is 5. The lowest BCUT2D eigenvalue weighted by Gasteiger charge is -2.41. The van der Waals surface area contributed by atoms with Crippen molar-refractivity contribution in [2.45, 2.75) is 24.7 Å². The Balaban J connectivity index is 1.44. The van der Waals surface area contributed by atoms with E-state index >= 15 is 0 Å². The molecule has 3 aromatic rings. The summed E-state index contributed by atoms with van der Waals surface area (Å²) < 4.78 is 14.2. The fourth-order valence-electron chi connectivity index (χ4n) is 3.55. The van der Waals surface area contributed by atoms with Crippen LogP contribution >= 0.6 is 11.3 Å². The van der Waals surface area contributed by atoms with Crippen LogP contribution in [-0.4, -0.2) is 46.2 Å². The molecule has 3 heterocycles. The minimum Gasteiger partial charge on any atom is -0.368 e. The van der Waals surface area contributed by atoms with Crippen LogP contribution in [0, 0.1) is 5.82 Å². The van der Waals surface area contributed by atoms with Crippen LogP contribution in [0.15, 0.2) is 36.7 Å². The van der Waals surface area contributed by atoms with Crippen LogP contribution < -0.4 is 16.0 Å². The van der Waals surface area contributed by atoms with E-state index in [-0.39, 0.29) is 11.2 Å². The van der Waals surface area contributed by atoms with Crippen molar-refractivity contribution in [2.24, 2.45) is 5.73 Å². The summed E-state index contributed by atoms with van der Waals surface area (Å²) in [6.07, 6.45) is 6.82. The molecule has 3 N–H and O–H groups in total. The van der Waals surface area contributed by atoms with Gasteiger partial charge in [0.2, 0.25) is 6.41 Å². The lowest BCUT2D eigenvalue weighted by molar-refractivity contribution is -0.107. The summed E-state index contributed by atoms with van der Waals surface area (Å²) in [6.45, 7) is 1.35. The molecule has 1 fully saturated rings. The molecule has 1 saturated carbocycles. The van der Waals surface area contributed by atoms with Crippen molar-refractivity contribution in [3.63, 3.8) is 0 Å². The second-order valence-electron chi connectivity index (χ2n) is 7.22. The van der Waals surface area contributed by atoms with Gasteiger partial charge in [0, 0.05) is 31.2 Å². The molecule has 0 radical (unpaired) electrons. The number of pyridine rings is 1. The molecule has 1 aliphatic rings. The first-order valence-electron chi connectivity index (χ1n) is 9.72. The Hall–Kier alpha value is -2.98. The molecular formula is C20H22FN7OS. The predicted molar refractivity (Wildman–Crippen MR) is 114 cm³/mol. The number of rotatable bonds is 9. The van der Waals surface area contributed by atoms with Gasteiger partial charge in [-0.05, 0) is 37.1 Å². The largest absolute Gasteiger partial charge is 0.368 e. The number of hydrogen-bond donors (Lipinski definition) is 2. The van der Waals surface area contributed by atoms with Gasteiger partial charge in [-0.15, -0.1) is 10.2 Å². The van der Waals surface area contributed by atoms with Crippen molar-refractivity contribution < 1.29 is 9.18 Å². The molecule has 0 aromatic carbocycles. The number of carbonyl (C=O) groups excluding carboxylic acids is 1. The Morgan fingerprint density at radius 3 is 2.77 bits per heavy atom. The van der Waals surface area contributed by atoms with E-state index in [0.717, 1.165) is 25.7 Å². The van der Waals surface area contributed by atoms with Crippen LogP contribution in [0.4, 0.5) is 15.2 Å². The zero-order valence-corrected chi connectivity index (χ0v) is 17.1. The van der Waals surface area contributed by atoms with E-state index in [0.29, 0.717) is 46.8 Å². The number of nitrogens with two attached hydrogens (primary N) is 1. The first-order valence-corrected chi connectivity index (χ1v) is 10.5. The van der Waals surface area contributed by atoms with Crippen LogP contribution in [0.2, 0.25) is 0 Å². The number of halogens is 1. The highest BCUT2D eigenvalue weighted by Crippen LogP contribution is 2.43. The van der Waals surface area contributed by atoms with Gasteiger partial charge in [0.1, 0.15) is 27.3 Å². The van der Waals surface area contributed by atoms with Gasteiger partial charge in [-0.1, -0.05) is 17.8 Å². The van der Waals surface area contributed by atoms with Gasteiger partial charge in [-0.2, -0.15) is 0 Å². The van der Waals surface area contributed by atoms with E-state index in [9.17, 15) is 9.18 Å². The molecular weight excluding hydrogens is 405 g/mol. The zero-order chi connectivity index (χ0) is 21.0. The molecule has 0 unspecified atom stereocenters. The maximum atomic E-state index is 14.2. The quantitative estimate of drug-likeness (QED) is 0.505. The Morgan fingerprint density at radius 1 is 1.27 bits per heavy atom. The third-order valence-electron chi connectivity index (χ3n) is 5.34. The van der Waals surface area contributed by atoms with Gasteiger partial charge < -0.3 is 16.0 Å². The van der Waals surface area contributed by atoms with Crippen molar-refractivity contribution in [3.8, 4) is 10.7 Å². The smallest absolute Gasteiger partial charge is 0.214 e. The SMILES string of the molecule is NCCN(C=O)c1cnc(-c2ccc(NCC3(c4ncccc4F)CCC3)nn2)s1. The first-order chi connectivity index (χ1) is 14.6. The second kappa shape index (κ2) is 8.80.